The number of hydrogen-bond acceptors (Lipinski definition) is 2. The Kier molecular flexibility index (Phi) is 4.98. The van der Waals surface area contributed by atoms with Crippen molar-refractivity contribution in [1.82, 2.24) is 0 Å². The van der Waals surface area contributed by atoms with Gasteiger partial charge in [-0.25, -0.2) is 4.39 Å². The van der Waals surface area contributed by atoms with Crippen LogP contribution in [0, 0.1) is 5.82 Å². The van der Waals surface area contributed by atoms with Crippen molar-refractivity contribution in [3.05, 3.63) is 35.6 Å². The van der Waals surface area contributed by atoms with Gasteiger partial charge in [-0.2, -0.15) is 11.8 Å². The van der Waals surface area contributed by atoms with Gasteiger partial charge >= 0.3 is 0 Å². The molecule has 1 unspecified atom stereocenters. The second-order valence-corrected chi connectivity index (χ2v) is 4.55. The van der Waals surface area contributed by atoms with E-state index in [1.165, 1.54) is 17.7 Å². The predicted octanol–water partition coefficient (Wildman–Crippen LogP) is 2.80. The Morgan fingerprint density at radius 3 is 2.57 bits per heavy atom. The van der Waals surface area contributed by atoms with E-state index in [0.717, 1.165) is 17.9 Å². The highest BCUT2D eigenvalue weighted by Crippen LogP contribution is 2.13. The van der Waals surface area contributed by atoms with Crippen LogP contribution in [0.1, 0.15) is 18.9 Å². The average Bonchev–Trinajstić information content (AvgIpc) is 2.15. The summed E-state index contributed by atoms with van der Waals surface area (Å²) in [6.45, 7) is 2.01. The third-order valence-corrected chi connectivity index (χ3v) is 2.96. The maximum absolute atomic E-state index is 12.6. The topological polar surface area (TPSA) is 26.0 Å². The molecule has 0 fully saturated rings. The summed E-state index contributed by atoms with van der Waals surface area (Å²) >= 11 is 1.84. The number of nitrogens with two attached hydrogens (primary N) is 1. The van der Waals surface area contributed by atoms with Gasteiger partial charge in [0, 0.05) is 11.8 Å². The van der Waals surface area contributed by atoms with E-state index >= 15 is 0 Å². The Labute approximate surface area is 88.9 Å². The van der Waals surface area contributed by atoms with Crippen molar-refractivity contribution in [2.24, 2.45) is 5.73 Å². The van der Waals surface area contributed by atoms with Crippen LogP contribution in [0.4, 0.5) is 4.39 Å². The Morgan fingerprint density at radius 1 is 1.36 bits per heavy atom. The average molecular weight is 213 g/mol. The van der Waals surface area contributed by atoms with E-state index in [-0.39, 0.29) is 11.9 Å². The molecule has 78 valence electrons. The highest BCUT2D eigenvalue weighted by molar-refractivity contribution is 7.98. The zero-order valence-electron chi connectivity index (χ0n) is 8.37. The van der Waals surface area contributed by atoms with Crippen LogP contribution < -0.4 is 5.73 Å². The molecule has 0 aliphatic carbocycles. The van der Waals surface area contributed by atoms with Gasteiger partial charge in [0.15, 0.2) is 0 Å². The maximum Gasteiger partial charge on any atom is 0.123 e. The molecule has 1 aromatic carbocycles. The Balaban J connectivity index is 2.21. The van der Waals surface area contributed by atoms with Crippen molar-refractivity contribution in [3.8, 4) is 0 Å². The van der Waals surface area contributed by atoms with Crippen LogP contribution in [0.15, 0.2) is 24.3 Å². The largest absolute Gasteiger partial charge is 0.328 e. The highest BCUT2D eigenvalue weighted by Gasteiger charge is 1.96. The molecule has 0 saturated carbocycles. The molecular formula is C11H16FNS. The molecule has 0 amide bonds. The number of hydrogen-bond donors (Lipinski definition) is 1. The normalized spacial score (nSPS) is 12.8. The Bertz CT molecular complexity index is 258. The van der Waals surface area contributed by atoms with Crippen molar-refractivity contribution < 1.29 is 4.39 Å². The van der Waals surface area contributed by atoms with E-state index in [4.69, 9.17) is 5.73 Å². The first-order valence-corrected chi connectivity index (χ1v) is 5.91. The fourth-order valence-corrected chi connectivity index (χ4v) is 2.15. The molecule has 0 aromatic heterocycles. The first-order valence-electron chi connectivity index (χ1n) is 4.76. The van der Waals surface area contributed by atoms with Crippen molar-refractivity contribution in [1.29, 1.82) is 0 Å². The first kappa shape index (κ1) is 11.5. The van der Waals surface area contributed by atoms with Gasteiger partial charge in [-0.05, 0) is 36.8 Å². The third-order valence-electron chi connectivity index (χ3n) is 1.90. The number of benzene rings is 1. The molecule has 14 heavy (non-hydrogen) atoms. The van der Waals surface area contributed by atoms with Crippen LogP contribution in [0.5, 0.6) is 0 Å². The van der Waals surface area contributed by atoms with E-state index in [2.05, 4.69) is 0 Å². The molecule has 0 spiro atoms. The number of thioether (sulfide) groups is 1. The summed E-state index contributed by atoms with van der Waals surface area (Å²) in [5.74, 6) is 1.83. The molecule has 1 atom stereocenters. The van der Waals surface area contributed by atoms with Crippen LogP contribution in [0.2, 0.25) is 0 Å². The molecule has 0 saturated heterocycles. The molecule has 1 aromatic rings. The molecule has 1 rings (SSSR count). The molecule has 0 heterocycles. The van der Waals surface area contributed by atoms with Crippen molar-refractivity contribution in [2.75, 3.05) is 5.75 Å². The minimum absolute atomic E-state index is 0.172. The van der Waals surface area contributed by atoms with Crippen molar-refractivity contribution in [3.63, 3.8) is 0 Å². The van der Waals surface area contributed by atoms with E-state index in [9.17, 15) is 4.39 Å². The van der Waals surface area contributed by atoms with Gasteiger partial charge in [0.05, 0.1) is 0 Å². The molecule has 0 radical (unpaired) electrons. The van der Waals surface area contributed by atoms with Gasteiger partial charge in [-0.3, -0.25) is 0 Å². The fourth-order valence-electron chi connectivity index (χ4n) is 1.04. The Hall–Kier alpha value is -0.540. The summed E-state index contributed by atoms with van der Waals surface area (Å²) in [6.07, 6.45) is 1.03. The first-order chi connectivity index (χ1) is 6.68. The summed E-state index contributed by atoms with van der Waals surface area (Å²) in [5, 5.41) is 0. The van der Waals surface area contributed by atoms with Crippen molar-refractivity contribution in [2.45, 2.75) is 25.1 Å². The molecule has 3 heteroatoms. The standard InChI is InChI=1S/C11H16FNS/c1-9(13)6-7-14-8-10-2-4-11(12)5-3-10/h2-5,9H,6-8,13H2,1H3. The van der Waals surface area contributed by atoms with Gasteiger partial charge in [-0.15, -0.1) is 0 Å². The minimum atomic E-state index is -0.172. The molecular weight excluding hydrogens is 197 g/mol. The smallest absolute Gasteiger partial charge is 0.123 e. The zero-order valence-corrected chi connectivity index (χ0v) is 9.19. The molecule has 1 nitrogen and oxygen atoms in total. The van der Waals surface area contributed by atoms with Crippen LogP contribution in [-0.2, 0) is 5.75 Å². The van der Waals surface area contributed by atoms with E-state index in [1.54, 1.807) is 0 Å². The van der Waals surface area contributed by atoms with Gasteiger partial charge < -0.3 is 5.73 Å². The second kappa shape index (κ2) is 6.04. The lowest BCUT2D eigenvalue weighted by Crippen LogP contribution is -2.15. The summed E-state index contributed by atoms with van der Waals surface area (Å²) in [4.78, 5) is 0. The summed E-state index contributed by atoms with van der Waals surface area (Å²) in [7, 11) is 0. The van der Waals surface area contributed by atoms with Gasteiger partial charge in [-0.1, -0.05) is 12.1 Å². The lowest BCUT2D eigenvalue weighted by molar-refractivity contribution is 0.627. The fraction of sp³-hybridized carbons (Fsp3) is 0.455. The van der Waals surface area contributed by atoms with Gasteiger partial charge in [0.2, 0.25) is 0 Å². The third kappa shape index (κ3) is 4.63. The SMILES string of the molecule is CC(N)CCSCc1ccc(F)cc1. The van der Waals surface area contributed by atoms with Crippen LogP contribution in [-0.4, -0.2) is 11.8 Å². The highest BCUT2D eigenvalue weighted by atomic mass is 32.2. The maximum atomic E-state index is 12.6. The van der Waals surface area contributed by atoms with Crippen molar-refractivity contribution >= 4 is 11.8 Å². The van der Waals surface area contributed by atoms with Gasteiger partial charge in [0.25, 0.3) is 0 Å². The van der Waals surface area contributed by atoms with E-state index in [0.29, 0.717) is 0 Å². The quantitative estimate of drug-likeness (QED) is 0.761. The predicted molar refractivity (Wildman–Crippen MR) is 60.8 cm³/mol. The molecule has 0 bridgehead atoms. The molecule has 0 aliphatic heterocycles. The summed E-state index contributed by atoms with van der Waals surface area (Å²) in [5.41, 5.74) is 6.80. The van der Waals surface area contributed by atoms with Crippen LogP contribution in [0.25, 0.3) is 0 Å². The number of halogens is 1. The summed E-state index contributed by atoms with van der Waals surface area (Å²) in [6, 6.07) is 6.93. The van der Waals surface area contributed by atoms with E-state index < -0.39 is 0 Å². The van der Waals surface area contributed by atoms with Gasteiger partial charge in [0.1, 0.15) is 5.82 Å². The second-order valence-electron chi connectivity index (χ2n) is 3.45. The monoisotopic (exact) mass is 213 g/mol. The van der Waals surface area contributed by atoms with E-state index in [1.807, 2.05) is 30.8 Å². The van der Waals surface area contributed by atoms with Crippen LogP contribution >= 0.6 is 11.8 Å². The molecule has 2 N–H and O–H groups in total. The minimum Gasteiger partial charge on any atom is -0.328 e. The summed E-state index contributed by atoms with van der Waals surface area (Å²) < 4.78 is 12.6. The zero-order chi connectivity index (χ0) is 10.4. The van der Waals surface area contributed by atoms with Crippen LogP contribution in [0.3, 0.4) is 0 Å². The molecule has 0 aliphatic rings. The lowest BCUT2D eigenvalue weighted by atomic mass is 10.2. The Morgan fingerprint density at radius 2 is 2.00 bits per heavy atom. The number of rotatable bonds is 5. The lowest BCUT2D eigenvalue weighted by Gasteiger charge is -2.04.